The second kappa shape index (κ2) is 26.5. The molecule has 0 aliphatic heterocycles. The van der Waals surface area contributed by atoms with Gasteiger partial charge in [0.25, 0.3) is 23.6 Å². The average molecular weight is 1310 g/mol. The minimum absolute atomic E-state index is 0.255. The Hall–Kier alpha value is -13.3. The van der Waals surface area contributed by atoms with Crippen molar-refractivity contribution in [3.8, 4) is 46.1 Å². The first kappa shape index (κ1) is 61.5. The van der Waals surface area contributed by atoms with Crippen molar-refractivity contribution in [2.24, 2.45) is 0 Å². The summed E-state index contributed by atoms with van der Waals surface area (Å²) in [6.07, 6.45) is 9.08. The van der Waals surface area contributed by atoms with Crippen LogP contribution in [0.5, 0.6) is 0 Å². The number of aryl methyl sites for hydroxylation is 5. The zero-order valence-corrected chi connectivity index (χ0v) is 51.8. The number of hydrogen-bond donors (Lipinski definition) is 12. The lowest BCUT2D eigenvalue weighted by atomic mass is 10.1. The highest BCUT2D eigenvalue weighted by Gasteiger charge is 2.24. The van der Waals surface area contributed by atoms with E-state index < -0.39 is 23.1 Å². The summed E-state index contributed by atoms with van der Waals surface area (Å²) in [6.45, 7) is 9.13. The van der Waals surface area contributed by atoms with Crippen LogP contribution in [0.4, 0.5) is 31.5 Å². The number of halogens is 2. The Morgan fingerprint density at radius 1 is 0.469 bits per heavy atom. The van der Waals surface area contributed by atoms with E-state index in [2.05, 4.69) is 112 Å². The summed E-state index contributed by atoms with van der Waals surface area (Å²) in [4.78, 5) is 84.1. The number of furan rings is 1. The van der Waals surface area contributed by atoms with Crippen molar-refractivity contribution >= 4 is 102 Å². The van der Waals surface area contributed by atoms with Gasteiger partial charge >= 0.3 is 0 Å². The molecule has 0 aliphatic rings. The number of carbonyl (C=O) groups is 4. The molecule has 0 fully saturated rings. The molecule has 16 rings (SSSR count). The van der Waals surface area contributed by atoms with Crippen LogP contribution >= 0.6 is 11.3 Å². The number of aromatic amines is 8. The molecular formula is C65H52F2N22O6S. The Balaban J connectivity index is 0.000000116. The third-order valence-electron chi connectivity index (χ3n) is 15.0. The molecule has 0 spiro atoms. The highest BCUT2D eigenvalue weighted by Crippen LogP contribution is 2.32. The van der Waals surface area contributed by atoms with E-state index in [1.807, 2.05) is 98.8 Å². The molecule has 11 heterocycles. The molecule has 0 saturated heterocycles. The van der Waals surface area contributed by atoms with Crippen LogP contribution in [0.15, 0.2) is 161 Å². The second-order valence-corrected chi connectivity index (χ2v) is 22.2. The van der Waals surface area contributed by atoms with E-state index in [0.29, 0.717) is 96.5 Å². The summed E-state index contributed by atoms with van der Waals surface area (Å²) in [7, 11) is 0. The van der Waals surface area contributed by atoms with E-state index in [4.69, 9.17) is 8.94 Å². The quantitative estimate of drug-likeness (QED) is 0.0541. The fraction of sp³-hybridized carbons (Fsp3) is 0.0769. The van der Waals surface area contributed by atoms with Crippen LogP contribution in [-0.2, 0) is 0 Å². The van der Waals surface area contributed by atoms with Gasteiger partial charge in [-0.3, -0.25) is 39.6 Å². The molecule has 4 amide bonds. The Bertz CT molecular complexity index is 5370. The SMILES string of the molecule is Cc1ccc2[nH]c(-c3[nH]ncc3NC(=O)c3c(F)cccc3F)nc2c1C.Cc1noc(C)c1C(=O)Nc1cn[nH]c1-c1nc2ccccc2[nH]1.Cc1occc1C(=O)Nc1cn[nH]c1-c1nc2ccccc2[nH]1.O=C(Nc1cn[nH]c1-c1nc2ccccc2[nH]1)c1nccs1. The van der Waals surface area contributed by atoms with Crippen LogP contribution in [0.3, 0.4) is 0 Å². The van der Waals surface area contributed by atoms with Gasteiger partial charge in [0.1, 0.15) is 57.1 Å². The van der Waals surface area contributed by atoms with E-state index in [0.717, 1.165) is 67.4 Å². The van der Waals surface area contributed by atoms with Gasteiger partial charge in [-0.15, -0.1) is 11.3 Å². The normalized spacial score (nSPS) is 11.0. The minimum atomic E-state index is -0.938. The lowest BCUT2D eigenvalue weighted by Gasteiger charge is -2.06. The van der Waals surface area contributed by atoms with E-state index >= 15 is 0 Å². The van der Waals surface area contributed by atoms with Gasteiger partial charge in [-0.1, -0.05) is 53.7 Å². The van der Waals surface area contributed by atoms with E-state index in [1.165, 1.54) is 29.9 Å². The van der Waals surface area contributed by atoms with Crippen LogP contribution in [0.2, 0.25) is 0 Å². The van der Waals surface area contributed by atoms with Crippen LogP contribution in [-0.4, -0.2) is 114 Å². The highest BCUT2D eigenvalue weighted by atomic mass is 32.1. The first-order valence-corrected chi connectivity index (χ1v) is 30.0. The predicted molar refractivity (Wildman–Crippen MR) is 354 cm³/mol. The van der Waals surface area contributed by atoms with Crippen molar-refractivity contribution < 1.29 is 36.9 Å². The average Bonchev–Trinajstić information content (AvgIpc) is 1.68. The molecule has 96 heavy (non-hydrogen) atoms. The summed E-state index contributed by atoms with van der Waals surface area (Å²) in [5.41, 5.74) is 14.0. The summed E-state index contributed by atoms with van der Waals surface area (Å²) >= 11 is 1.28. The standard InChI is InChI=1S/C19H15F2N5O.C16H14N6O2.C16H13N5O2.C14H10N6OS/c1-9-6-7-13-16(10(9)2)25-18(23-13)17-14(8-22-26-17)24-19(27)15-11(20)4-3-5-12(15)21;1-8-13(9(2)24-22-8)16(23)20-12-7-17-21-14(12)15-18-10-5-3-4-6-11(10)19-15;1-9-10(6-7-23-9)16(22)20-13-8-17-21-14(13)15-18-11-4-2-3-5-12(11)19-15;21-13(14-15-5-6-22-14)19-10-7-16-20-11(10)12-17-8-3-1-2-4-9(8)18-12/h3-8H,1-2H3,(H,22,26)(H,23,25)(H,24,27);3-7H,1-2H3,(H,17,21)(H,18,19)(H,20,23);2-8H,1H3,(H,17,21)(H,18,19)(H,20,22);1-7H,(H,16,20)(H,17,18)(H,19,21). The molecule has 31 heteroatoms. The van der Waals surface area contributed by atoms with Crippen molar-refractivity contribution in [1.29, 1.82) is 0 Å². The molecular weight excluding hydrogens is 1250 g/mol. The van der Waals surface area contributed by atoms with Crippen LogP contribution < -0.4 is 21.3 Å². The van der Waals surface area contributed by atoms with E-state index in [9.17, 15) is 28.0 Å². The van der Waals surface area contributed by atoms with Gasteiger partial charge in [0, 0.05) is 11.6 Å². The first-order chi connectivity index (χ1) is 46.6. The number of carbonyl (C=O) groups excluding carboxylic acids is 4. The largest absolute Gasteiger partial charge is 0.469 e. The number of fused-ring (bicyclic) bond motifs is 4. The van der Waals surface area contributed by atoms with Gasteiger partial charge in [0.15, 0.2) is 28.3 Å². The Morgan fingerprint density at radius 3 is 1.35 bits per heavy atom. The zero-order valence-electron chi connectivity index (χ0n) is 51.0. The maximum absolute atomic E-state index is 13.8. The number of rotatable bonds is 12. The van der Waals surface area contributed by atoms with Crippen molar-refractivity contribution in [3.63, 3.8) is 0 Å². The number of H-pyrrole nitrogens is 8. The molecule has 11 aromatic heterocycles. The van der Waals surface area contributed by atoms with Crippen molar-refractivity contribution in [2.45, 2.75) is 34.6 Å². The predicted octanol–water partition coefficient (Wildman–Crippen LogP) is 12.7. The Labute approximate surface area is 542 Å². The number of aromatic nitrogens is 18. The van der Waals surface area contributed by atoms with Crippen LogP contribution in [0.25, 0.3) is 90.2 Å². The molecule has 0 unspecified atom stereocenters. The molecule has 5 aromatic carbocycles. The second-order valence-electron chi connectivity index (χ2n) is 21.3. The fourth-order valence-electron chi connectivity index (χ4n) is 10.1. The fourth-order valence-corrected chi connectivity index (χ4v) is 10.6. The van der Waals surface area contributed by atoms with Crippen molar-refractivity contribution in [1.82, 2.24) is 90.8 Å². The van der Waals surface area contributed by atoms with Crippen molar-refractivity contribution in [3.05, 3.63) is 213 Å². The molecule has 0 aliphatic carbocycles. The molecule has 478 valence electrons. The Kier molecular flexibility index (Phi) is 17.0. The van der Waals surface area contributed by atoms with E-state index in [-0.39, 0.29) is 23.4 Å². The first-order valence-electron chi connectivity index (χ1n) is 29.1. The number of anilines is 4. The van der Waals surface area contributed by atoms with Crippen LogP contribution in [0, 0.1) is 46.3 Å². The molecule has 0 radical (unpaired) electrons. The van der Waals surface area contributed by atoms with Gasteiger partial charge in [-0.25, -0.2) is 33.7 Å². The lowest BCUT2D eigenvalue weighted by Crippen LogP contribution is -2.16. The molecule has 0 atom stereocenters. The summed E-state index contributed by atoms with van der Waals surface area (Å²) < 4.78 is 37.9. The molecule has 12 N–H and O–H groups in total. The lowest BCUT2D eigenvalue weighted by molar-refractivity contribution is 0.101. The summed E-state index contributed by atoms with van der Waals surface area (Å²) in [5, 5.41) is 44.1. The number of para-hydroxylation sites is 6. The highest BCUT2D eigenvalue weighted by molar-refractivity contribution is 7.11. The van der Waals surface area contributed by atoms with Gasteiger partial charge in [0.05, 0.1) is 109 Å². The maximum Gasteiger partial charge on any atom is 0.284 e. The van der Waals surface area contributed by atoms with Crippen LogP contribution in [0.1, 0.15) is 69.2 Å². The van der Waals surface area contributed by atoms with Gasteiger partial charge in [-0.05, 0) is 106 Å². The van der Waals surface area contributed by atoms with Crippen molar-refractivity contribution in [2.75, 3.05) is 21.3 Å². The number of nitrogens with zero attached hydrogens (tertiary/aromatic N) is 10. The van der Waals surface area contributed by atoms with Gasteiger partial charge in [-0.2, -0.15) is 20.4 Å². The summed E-state index contributed by atoms with van der Waals surface area (Å²) in [5.74, 6) is -0.278. The van der Waals surface area contributed by atoms with Gasteiger partial charge < -0.3 is 50.1 Å². The smallest absolute Gasteiger partial charge is 0.284 e. The topological polar surface area (TPSA) is 398 Å². The minimum Gasteiger partial charge on any atom is -0.469 e. The number of benzene rings is 5. The number of imidazole rings is 4. The maximum atomic E-state index is 13.8. The van der Waals surface area contributed by atoms with E-state index in [1.54, 1.807) is 57.0 Å². The summed E-state index contributed by atoms with van der Waals surface area (Å²) in [6, 6.07) is 31.9. The molecule has 16 aromatic rings. The number of hydrogen-bond acceptors (Lipinski definition) is 17. The van der Waals surface area contributed by atoms with Gasteiger partial charge in [0.2, 0.25) is 0 Å². The molecule has 0 bridgehead atoms. The molecule has 0 saturated carbocycles. The third-order valence-corrected chi connectivity index (χ3v) is 15.8. The number of amides is 4. The third kappa shape index (κ3) is 12.7. The zero-order chi connectivity index (χ0) is 66.6. The number of thiazole rings is 1. The Morgan fingerprint density at radius 2 is 0.917 bits per heavy atom. The molecule has 28 nitrogen and oxygen atoms in total. The monoisotopic (exact) mass is 1310 g/mol. The number of nitrogens with one attached hydrogen (secondary N) is 12.